The first-order chi connectivity index (χ1) is 11.4. The average Bonchev–Trinajstić information content (AvgIpc) is 2.53. The van der Waals surface area contributed by atoms with Crippen molar-refractivity contribution >= 4 is 40.0 Å². The predicted octanol–water partition coefficient (Wildman–Crippen LogP) is 2.80. The van der Waals surface area contributed by atoms with E-state index in [1.165, 1.54) is 12.8 Å². The molecule has 0 aromatic heterocycles. The van der Waals surface area contributed by atoms with Gasteiger partial charge in [0.05, 0.1) is 5.75 Å². The number of unbranched alkanes of at least 4 members (excludes halogenated alkanes) is 1. The lowest BCUT2D eigenvalue weighted by Gasteiger charge is -2.32. The number of piperidine rings is 1. The number of hydrogen-bond donors (Lipinski definition) is 2. The smallest absolute Gasteiger partial charge is 0.214 e. The summed E-state index contributed by atoms with van der Waals surface area (Å²) in [6.45, 7) is 8.54. The quantitative estimate of drug-likeness (QED) is 0.227. The minimum Gasteiger partial charge on any atom is -0.356 e. The molecule has 8 heteroatoms. The third-order valence-corrected chi connectivity index (χ3v) is 6.45. The van der Waals surface area contributed by atoms with Gasteiger partial charge in [-0.3, -0.25) is 4.99 Å². The lowest BCUT2D eigenvalue weighted by Crippen LogP contribution is -2.50. The fraction of sp³-hybridized carbons (Fsp3) is 0.941. The number of hydrogen-bond acceptors (Lipinski definition) is 3. The highest BCUT2D eigenvalue weighted by Crippen LogP contribution is 2.15. The Hall–Kier alpha value is -0.0900. The molecule has 1 saturated heterocycles. The van der Waals surface area contributed by atoms with E-state index >= 15 is 0 Å². The Labute approximate surface area is 171 Å². The zero-order valence-electron chi connectivity index (χ0n) is 16.3. The normalized spacial score (nSPS) is 17.4. The molecule has 150 valence electrons. The Morgan fingerprint density at radius 1 is 1.24 bits per heavy atom. The van der Waals surface area contributed by atoms with Gasteiger partial charge in [-0.05, 0) is 31.6 Å². The van der Waals surface area contributed by atoms with Crippen LogP contribution in [0.3, 0.4) is 0 Å². The van der Waals surface area contributed by atoms with Crippen molar-refractivity contribution in [1.29, 1.82) is 0 Å². The summed E-state index contributed by atoms with van der Waals surface area (Å²) in [6, 6.07) is 0.292. The van der Waals surface area contributed by atoms with Crippen molar-refractivity contribution in [2.75, 3.05) is 32.4 Å². The second-order valence-electron chi connectivity index (χ2n) is 7.02. The average molecular weight is 488 g/mol. The molecule has 2 N–H and O–H groups in total. The molecule has 6 nitrogen and oxygen atoms in total. The standard InChI is InChI=1S/C17H36N4O2S.HI/c1-5-14-24(22,23)21-12-9-16(10-13-21)20-17(18-4)19-11-7-6-8-15(2)3;/h15-16H,5-14H2,1-4H3,(H2,18,19,20);1H. The highest BCUT2D eigenvalue weighted by atomic mass is 127. The fourth-order valence-corrected chi connectivity index (χ4v) is 4.48. The summed E-state index contributed by atoms with van der Waals surface area (Å²) in [7, 11) is -1.28. The van der Waals surface area contributed by atoms with E-state index in [4.69, 9.17) is 0 Å². The van der Waals surface area contributed by atoms with Gasteiger partial charge in [0.25, 0.3) is 0 Å². The maximum Gasteiger partial charge on any atom is 0.214 e. The Morgan fingerprint density at radius 3 is 2.40 bits per heavy atom. The third kappa shape index (κ3) is 9.98. The highest BCUT2D eigenvalue weighted by Gasteiger charge is 2.27. The summed E-state index contributed by atoms with van der Waals surface area (Å²) in [5.41, 5.74) is 0. The molecule has 0 aliphatic carbocycles. The first-order valence-electron chi connectivity index (χ1n) is 9.34. The first kappa shape index (κ1) is 24.9. The SMILES string of the molecule is CCCS(=O)(=O)N1CCC(NC(=NC)NCCCCC(C)C)CC1.I. The van der Waals surface area contributed by atoms with Crippen molar-refractivity contribution < 1.29 is 8.42 Å². The topological polar surface area (TPSA) is 73.8 Å². The van der Waals surface area contributed by atoms with Crippen LogP contribution >= 0.6 is 24.0 Å². The number of aliphatic imine (C=N–C) groups is 1. The van der Waals surface area contributed by atoms with Crippen LogP contribution in [0, 0.1) is 5.92 Å². The molecule has 1 fully saturated rings. The molecule has 0 atom stereocenters. The van der Waals surface area contributed by atoms with Gasteiger partial charge < -0.3 is 10.6 Å². The zero-order chi connectivity index (χ0) is 18.0. The van der Waals surface area contributed by atoms with Crippen LogP contribution < -0.4 is 10.6 Å². The molecule has 0 bridgehead atoms. The molecule has 0 amide bonds. The van der Waals surface area contributed by atoms with E-state index in [1.807, 2.05) is 6.92 Å². The summed E-state index contributed by atoms with van der Waals surface area (Å²) in [5.74, 6) is 1.84. The summed E-state index contributed by atoms with van der Waals surface area (Å²) < 4.78 is 25.8. The molecule has 0 aromatic rings. The maximum absolute atomic E-state index is 12.1. The van der Waals surface area contributed by atoms with Crippen molar-refractivity contribution in [3.8, 4) is 0 Å². The summed E-state index contributed by atoms with van der Waals surface area (Å²) in [6.07, 6.45) is 5.97. The molecule has 0 spiro atoms. The molecule has 1 aliphatic heterocycles. The van der Waals surface area contributed by atoms with Crippen molar-refractivity contribution in [2.45, 2.75) is 65.3 Å². The number of guanidine groups is 1. The van der Waals surface area contributed by atoms with Crippen LogP contribution in [0.1, 0.15) is 59.3 Å². The van der Waals surface area contributed by atoms with E-state index in [0.29, 0.717) is 25.6 Å². The predicted molar refractivity (Wildman–Crippen MR) is 117 cm³/mol. The van der Waals surface area contributed by atoms with E-state index in [2.05, 4.69) is 29.5 Å². The number of rotatable bonds is 9. The van der Waals surface area contributed by atoms with Gasteiger partial charge in [0.1, 0.15) is 0 Å². The van der Waals surface area contributed by atoms with Crippen LogP contribution in [0.4, 0.5) is 0 Å². The van der Waals surface area contributed by atoms with Crippen molar-refractivity contribution in [3.63, 3.8) is 0 Å². The van der Waals surface area contributed by atoms with Gasteiger partial charge in [0.15, 0.2) is 5.96 Å². The Balaban J connectivity index is 0.00000576. The van der Waals surface area contributed by atoms with Crippen LogP contribution in [0.15, 0.2) is 4.99 Å². The Morgan fingerprint density at radius 2 is 1.88 bits per heavy atom. The Kier molecular flexibility index (Phi) is 13.1. The minimum absolute atomic E-state index is 0. The van der Waals surface area contributed by atoms with Gasteiger partial charge in [-0.15, -0.1) is 24.0 Å². The van der Waals surface area contributed by atoms with Crippen LogP contribution in [0.25, 0.3) is 0 Å². The number of sulfonamides is 1. The van der Waals surface area contributed by atoms with E-state index in [9.17, 15) is 8.42 Å². The van der Waals surface area contributed by atoms with Gasteiger partial charge in [-0.2, -0.15) is 0 Å². The first-order valence-corrected chi connectivity index (χ1v) is 10.9. The summed E-state index contributed by atoms with van der Waals surface area (Å²) in [5, 5.41) is 6.79. The van der Waals surface area contributed by atoms with Crippen molar-refractivity contribution in [1.82, 2.24) is 14.9 Å². The number of nitrogens with one attached hydrogen (secondary N) is 2. The highest BCUT2D eigenvalue weighted by molar-refractivity contribution is 14.0. The minimum atomic E-state index is -3.06. The monoisotopic (exact) mass is 488 g/mol. The van der Waals surface area contributed by atoms with Crippen molar-refractivity contribution in [2.24, 2.45) is 10.9 Å². The van der Waals surface area contributed by atoms with E-state index in [0.717, 1.165) is 37.7 Å². The van der Waals surface area contributed by atoms with Gasteiger partial charge in [-0.1, -0.05) is 33.6 Å². The van der Waals surface area contributed by atoms with Gasteiger partial charge in [0.2, 0.25) is 10.0 Å². The molecule has 25 heavy (non-hydrogen) atoms. The maximum atomic E-state index is 12.1. The van der Waals surface area contributed by atoms with E-state index in [-0.39, 0.29) is 29.7 Å². The third-order valence-electron chi connectivity index (χ3n) is 4.37. The summed E-state index contributed by atoms with van der Waals surface area (Å²) >= 11 is 0. The number of halogens is 1. The van der Waals surface area contributed by atoms with Crippen LogP contribution in [0.2, 0.25) is 0 Å². The molecule has 0 radical (unpaired) electrons. The second kappa shape index (κ2) is 13.1. The Bertz CT molecular complexity index is 475. The molecule has 0 aromatic carbocycles. The van der Waals surface area contributed by atoms with Gasteiger partial charge in [-0.25, -0.2) is 12.7 Å². The van der Waals surface area contributed by atoms with Crippen LogP contribution in [-0.2, 0) is 10.0 Å². The summed E-state index contributed by atoms with van der Waals surface area (Å²) in [4.78, 5) is 4.27. The van der Waals surface area contributed by atoms with E-state index < -0.39 is 10.0 Å². The van der Waals surface area contributed by atoms with Crippen LogP contribution in [-0.4, -0.2) is 57.2 Å². The molecule has 0 saturated carbocycles. The molecule has 0 unspecified atom stereocenters. The van der Waals surface area contributed by atoms with Crippen LogP contribution in [0.5, 0.6) is 0 Å². The fourth-order valence-electron chi connectivity index (χ4n) is 2.94. The lowest BCUT2D eigenvalue weighted by atomic mass is 10.1. The molecular weight excluding hydrogens is 451 g/mol. The molecule has 1 aliphatic rings. The van der Waals surface area contributed by atoms with E-state index in [1.54, 1.807) is 11.4 Å². The largest absolute Gasteiger partial charge is 0.356 e. The molecular formula is C17H37IN4O2S. The zero-order valence-corrected chi connectivity index (χ0v) is 19.4. The molecule has 1 heterocycles. The van der Waals surface area contributed by atoms with Gasteiger partial charge in [0, 0.05) is 32.7 Å². The van der Waals surface area contributed by atoms with Gasteiger partial charge >= 0.3 is 0 Å². The number of nitrogens with zero attached hydrogens (tertiary/aromatic N) is 2. The second-order valence-corrected chi connectivity index (χ2v) is 9.11. The molecule has 1 rings (SSSR count). The van der Waals surface area contributed by atoms with Crippen molar-refractivity contribution in [3.05, 3.63) is 0 Å². The lowest BCUT2D eigenvalue weighted by molar-refractivity contribution is 0.306.